The zero-order chi connectivity index (χ0) is 16.3. The molecule has 0 bridgehead atoms. The summed E-state index contributed by atoms with van der Waals surface area (Å²) in [5.41, 5.74) is 0.507. The van der Waals surface area contributed by atoms with Gasteiger partial charge in [-0.15, -0.1) is 0 Å². The molecular formula is C19H22O4. The topological polar surface area (TPSA) is 44.8 Å². The SMILES string of the molecule is CCCCOc1ccc(C(=O)OCCOc2ccccc2)cc1. The van der Waals surface area contributed by atoms with E-state index in [4.69, 9.17) is 14.2 Å². The van der Waals surface area contributed by atoms with Crippen molar-refractivity contribution in [2.45, 2.75) is 19.8 Å². The van der Waals surface area contributed by atoms with Crippen LogP contribution in [-0.4, -0.2) is 25.8 Å². The number of carbonyl (C=O) groups excluding carboxylic acids is 1. The molecule has 0 saturated heterocycles. The molecule has 0 N–H and O–H groups in total. The second kappa shape index (κ2) is 9.51. The van der Waals surface area contributed by atoms with E-state index in [0.29, 0.717) is 18.8 Å². The molecule has 0 fully saturated rings. The van der Waals surface area contributed by atoms with Crippen molar-refractivity contribution in [3.8, 4) is 11.5 Å². The first-order chi connectivity index (χ1) is 11.3. The van der Waals surface area contributed by atoms with E-state index in [1.165, 1.54) is 0 Å². The molecule has 4 nitrogen and oxygen atoms in total. The molecule has 0 atom stereocenters. The van der Waals surface area contributed by atoms with Gasteiger partial charge in [0, 0.05) is 0 Å². The van der Waals surface area contributed by atoms with E-state index in [0.717, 1.165) is 24.3 Å². The van der Waals surface area contributed by atoms with Gasteiger partial charge in [0.15, 0.2) is 0 Å². The maximum Gasteiger partial charge on any atom is 0.338 e. The molecule has 0 aromatic heterocycles. The summed E-state index contributed by atoms with van der Waals surface area (Å²) in [5.74, 6) is 1.17. The van der Waals surface area contributed by atoms with E-state index in [9.17, 15) is 4.79 Å². The Morgan fingerprint density at radius 2 is 1.48 bits per heavy atom. The van der Waals surface area contributed by atoms with Gasteiger partial charge in [-0.1, -0.05) is 31.5 Å². The van der Waals surface area contributed by atoms with E-state index in [1.54, 1.807) is 24.3 Å². The molecule has 23 heavy (non-hydrogen) atoms. The van der Waals surface area contributed by atoms with Crippen LogP contribution in [-0.2, 0) is 4.74 Å². The molecule has 2 aromatic rings. The minimum Gasteiger partial charge on any atom is -0.494 e. The molecule has 0 aliphatic heterocycles. The minimum atomic E-state index is -0.359. The summed E-state index contributed by atoms with van der Waals surface area (Å²) < 4.78 is 16.2. The van der Waals surface area contributed by atoms with Gasteiger partial charge in [0.25, 0.3) is 0 Å². The zero-order valence-corrected chi connectivity index (χ0v) is 13.4. The van der Waals surface area contributed by atoms with Crippen LogP contribution in [0.15, 0.2) is 54.6 Å². The van der Waals surface area contributed by atoms with Crippen LogP contribution in [0.25, 0.3) is 0 Å². The predicted molar refractivity (Wildman–Crippen MR) is 89.1 cm³/mol. The quantitative estimate of drug-likeness (QED) is 0.516. The number of unbranched alkanes of at least 4 members (excludes halogenated alkanes) is 1. The third-order valence-corrected chi connectivity index (χ3v) is 3.19. The van der Waals surface area contributed by atoms with Gasteiger partial charge < -0.3 is 14.2 Å². The van der Waals surface area contributed by atoms with Gasteiger partial charge in [0.2, 0.25) is 0 Å². The van der Waals surface area contributed by atoms with Crippen LogP contribution in [0.2, 0.25) is 0 Å². The first-order valence-corrected chi connectivity index (χ1v) is 7.87. The third kappa shape index (κ3) is 6.02. The van der Waals surface area contributed by atoms with Gasteiger partial charge in [-0.3, -0.25) is 0 Å². The summed E-state index contributed by atoms with van der Waals surface area (Å²) in [6.07, 6.45) is 2.11. The van der Waals surface area contributed by atoms with Gasteiger partial charge in [-0.25, -0.2) is 4.79 Å². The second-order valence-corrected chi connectivity index (χ2v) is 5.02. The van der Waals surface area contributed by atoms with E-state index in [1.807, 2.05) is 30.3 Å². The van der Waals surface area contributed by atoms with Gasteiger partial charge >= 0.3 is 5.97 Å². The average Bonchev–Trinajstić information content (AvgIpc) is 2.60. The number of benzene rings is 2. The van der Waals surface area contributed by atoms with Crippen LogP contribution < -0.4 is 9.47 Å². The van der Waals surface area contributed by atoms with Crippen molar-refractivity contribution in [2.24, 2.45) is 0 Å². The third-order valence-electron chi connectivity index (χ3n) is 3.19. The van der Waals surface area contributed by atoms with Crippen molar-refractivity contribution in [3.63, 3.8) is 0 Å². The summed E-state index contributed by atoms with van der Waals surface area (Å²) in [4.78, 5) is 11.9. The molecule has 0 radical (unpaired) electrons. The van der Waals surface area contributed by atoms with Crippen LogP contribution in [0.5, 0.6) is 11.5 Å². The fraction of sp³-hybridized carbons (Fsp3) is 0.316. The van der Waals surface area contributed by atoms with E-state index in [2.05, 4.69) is 6.92 Å². The maximum absolute atomic E-state index is 11.9. The number of hydrogen-bond donors (Lipinski definition) is 0. The highest BCUT2D eigenvalue weighted by atomic mass is 16.6. The Balaban J connectivity index is 1.70. The molecule has 0 saturated carbocycles. The Hall–Kier alpha value is -2.49. The van der Waals surface area contributed by atoms with Crippen molar-refractivity contribution in [1.29, 1.82) is 0 Å². The molecule has 2 rings (SSSR count). The summed E-state index contributed by atoms with van der Waals surface area (Å²) in [6.45, 7) is 3.34. The Morgan fingerprint density at radius 1 is 0.826 bits per heavy atom. The molecular weight excluding hydrogens is 292 g/mol. The molecule has 0 aliphatic carbocycles. The standard InChI is InChI=1S/C19H22O4/c1-2-3-13-21-18-11-9-16(10-12-18)19(20)23-15-14-22-17-7-5-4-6-8-17/h4-12H,2-3,13-15H2,1H3. The van der Waals surface area contributed by atoms with Crippen molar-refractivity contribution < 1.29 is 19.0 Å². The molecule has 0 unspecified atom stereocenters. The van der Waals surface area contributed by atoms with Crippen molar-refractivity contribution >= 4 is 5.97 Å². The van der Waals surface area contributed by atoms with Crippen LogP contribution in [0.1, 0.15) is 30.1 Å². The minimum absolute atomic E-state index is 0.211. The number of carbonyl (C=O) groups is 1. The van der Waals surface area contributed by atoms with Gasteiger partial charge in [-0.05, 0) is 42.8 Å². The smallest absolute Gasteiger partial charge is 0.338 e. The fourth-order valence-electron chi connectivity index (χ4n) is 1.92. The monoisotopic (exact) mass is 314 g/mol. The molecule has 2 aromatic carbocycles. The maximum atomic E-state index is 11.9. The number of ether oxygens (including phenoxy) is 3. The lowest BCUT2D eigenvalue weighted by molar-refractivity contribution is 0.0450. The molecule has 0 heterocycles. The number of hydrogen-bond acceptors (Lipinski definition) is 4. The molecule has 4 heteroatoms. The lowest BCUT2D eigenvalue weighted by Crippen LogP contribution is -2.12. The lowest BCUT2D eigenvalue weighted by atomic mass is 10.2. The predicted octanol–water partition coefficient (Wildman–Crippen LogP) is 4.10. The van der Waals surface area contributed by atoms with Gasteiger partial charge in [-0.2, -0.15) is 0 Å². The van der Waals surface area contributed by atoms with Crippen LogP contribution >= 0.6 is 0 Å². The highest BCUT2D eigenvalue weighted by Gasteiger charge is 2.07. The number of esters is 1. The average molecular weight is 314 g/mol. The molecule has 0 aliphatic rings. The Kier molecular flexibility index (Phi) is 6.98. The lowest BCUT2D eigenvalue weighted by Gasteiger charge is -2.08. The summed E-state index contributed by atoms with van der Waals surface area (Å²) in [6, 6.07) is 16.4. The first-order valence-electron chi connectivity index (χ1n) is 7.87. The van der Waals surface area contributed by atoms with Crippen LogP contribution in [0, 0.1) is 0 Å². The van der Waals surface area contributed by atoms with Crippen LogP contribution in [0.3, 0.4) is 0 Å². The van der Waals surface area contributed by atoms with E-state index >= 15 is 0 Å². The molecule has 0 spiro atoms. The number of para-hydroxylation sites is 1. The Labute approximate surface area is 137 Å². The summed E-state index contributed by atoms with van der Waals surface area (Å²) in [5, 5.41) is 0. The number of rotatable bonds is 9. The Morgan fingerprint density at radius 3 is 2.17 bits per heavy atom. The summed E-state index contributed by atoms with van der Waals surface area (Å²) >= 11 is 0. The normalized spacial score (nSPS) is 10.1. The van der Waals surface area contributed by atoms with Crippen molar-refractivity contribution in [2.75, 3.05) is 19.8 Å². The zero-order valence-electron chi connectivity index (χ0n) is 13.4. The first kappa shape index (κ1) is 16.9. The highest BCUT2D eigenvalue weighted by molar-refractivity contribution is 5.89. The molecule has 0 amide bonds. The van der Waals surface area contributed by atoms with Crippen molar-refractivity contribution in [3.05, 3.63) is 60.2 Å². The largest absolute Gasteiger partial charge is 0.494 e. The van der Waals surface area contributed by atoms with Crippen LogP contribution in [0.4, 0.5) is 0 Å². The van der Waals surface area contributed by atoms with Gasteiger partial charge in [0.1, 0.15) is 24.7 Å². The highest BCUT2D eigenvalue weighted by Crippen LogP contribution is 2.13. The summed E-state index contributed by atoms with van der Waals surface area (Å²) in [7, 11) is 0. The van der Waals surface area contributed by atoms with Crippen molar-refractivity contribution in [1.82, 2.24) is 0 Å². The second-order valence-electron chi connectivity index (χ2n) is 5.02. The Bertz CT molecular complexity index is 578. The van der Waals surface area contributed by atoms with E-state index in [-0.39, 0.29) is 12.6 Å². The van der Waals surface area contributed by atoms with E-state index < -0.39 is 0 Å². The van der Waals surface area contributed by atoms with Gasteiger partial charge in [0.05, 0.1) is 12.2 Å². The fourth-order valence-corrected chi connectivity index (χ4v) is 1.92. The molecule has 122 valence electrons.